The Labute approximate surface area is 159 Å². The maximum atomic E-state index is 12.7. The standard InChI is InChI=1S/C19H29N7O/c1-24-17(14-26-12-6-10-20-26)22-23-18(24)15-7-5-11-25(13-15)19(27)21-16-8-3-2-4-9-16/h6,10,12,15-16H,2-5,7-9,11,13-14H2,1H3,(H,21,27)/t15-/m0/s1. The lowest BCUT2D eigenvalue weighted by atomic mass is 9.95. The minimum Gasteiger partial charge on any atom is -0.335 e. The number of nitrogens with one attached hydrogen (secondary N) is 1. The van der Waals surface area contributed by atoms with E-state index in [1.165, 1.54) is 19.3 Å². The number of amides is 2. The first kappa shape index (κ1) is 18.0. The number of hydrogen-bond donors (Lipinski definition) is 1. The van der Waals surface area contributed by atoms with E-state index in [-0.39, 0.29) is 11.9 Å². The van der Waals surface area contributed by atoms with E-state index >= 15 is 0 Å². The third kappa shape index (κ3) is 4.14. The zero-order valence-corrected chi connectivity index (χ0v) is 16.0. The highest BCUT2D eigenvalue weighted by Gasteiger charge is 2.29. The van der Waals surface area contributed by atoms with Crippen molar-refractivity contribution in [2.24, 2.45) is 7.05 Å². The number of nitrogens with zero attached hydrogens (tertiary/aromatic N) is 6. The van der Waals surface area contributed by atoms with Crippen LogP contribution in [0.5, 0.6) is 0 Å². The number of carbonyl (C=O) groups is 1. The zero-order valence-electron chi connectivity index (χ0n) is 16.0. The maximum Gasteiger partial charge on any atom is 0.317 e. The smallest absolute Gasteiger partial charge is 0.317 e. The molecule has 0 bridgehead atoms. The summed E-state index contributed by atoms with van der Waals surface area (Å²) >= 11 is 0. The van der Waals surface area contributed by atoms with Crippen LogP contribution < -0.4 is 5.32 Å². The van der Waals surface area contributed by atoms with Gasteiger partial charge in [0.15, 0.2) is 5.82 Å². The molecule has 0 spiro atoms. The molecule has 8 nitrogen and oxygen atoms in total. The molecule has 8 heteroatoms. The topological polar surface area (TPSA) is 80.9 Å². The summed E-state index contributed by atoms with van der Waals surface area (Å²) < 4.78 is 3.91. The van der Waals surface area contributed by atoms with Crippen molar-refractivity contribution in [3.05, 3.63) is 30.1 Å². The van der Waals surface area contributed by atoms with Gasteiger partial charge in [0, 0.05) is 44.5 Å². The summed E-state index contributed by atoms with van der Waals surface area (Å²) in [6.07, 6.45) is 11.7. The molecule has 27 heavy (non-hydrogen) atoms. The Morgan fingerprint density at radius 2 is 2.04 bits per heavy atom. The number of hydrogen-bond acceptors (Lipinski definition) is 4. The Morgan fingerprint density at radius 3 is 2.81 bits per heavy atom. The van der Waals surface area contributed by atoms with Gasteiger partial charge >= 0.3 is 6.03 Å². The minimum absolute atomic E-state index is 0.0885. The molecule has 0 unspecified atom stereocenters. The van der Waals surface area contributed by atoms with E-state index in [1.807, 2.05) is 28.9 Å². The lowest BCUT2D eigenvalue weighted by Crippen LogP contribution is -2.48. The van der Waals surface area contributed by atoms with Crippen LogP contribution in [0.1, 0.15) is 62.5 Å². The minimum atomic E-state index is 0.0885. The Morgan fingerprint density at radius 1 is 1.19 bits per heavy atom. The molecule has 146 valence electrons. The molecule has 1 atom stereocenters. The predicted octanol–water partition coefficient (Wildman–Crippen LogP) is 2.28. The zero-order chi connectivity index (χ0) is 18.6. The second-order valence-corrected chi connectivity index (χ2v) is 7.81. The van der Waals surface area contributed by atoms with Crippen molar-refractivity contribution in [2.75, 3.05) is 13.1 Å². The third-order valence-corrected chi connectivity index (χ3v) is 5.87. The first-order valence-corrected chi connectivity index (χ1v) is 10.1. The van der Waals surface area contributed by atoms with E-state index in [9.17, 15) is 4.79 Å². The molecule has 2 amide bonds. The lowest BCUT2D eigenvalue weighted by Gasteiger charge is -2.34. The molecule has 2 fully saturated rings. The molecule has 0 aromatic carbocycles. The summed E-state index contributed by atoms with van der Waals surface area (Å²) in [5, 5.41) is 16.3. The van der Waals surface area contributed by atoms with Crippen LogP contribution in [0.15, 0.2) is 18.5 Å². The summed E-state index contributed by atoms with van der Waals surface area (Å²) in [5.74, 6) is 2.09. The van der Waals surface area contributed by atoms with E-state index in [4.69, 9.17) is 0 Å². The molecule has 1 saturated carbocycles. The third-order valence-electron chi connectivity index (χ3n) is 5.87. The van der Waals surface area contributed by atoms with Crippen LogP contribution in [-0.2, 0) is 13.6 Å². The van der Waals surface area contributed by atoms with Crippen LogP contribution in [0.4, 0.5) is 4.79 Å². The normalized spacial score (nSPS) is 21.4. The molecule has 2 aliphatic rings. The first-order valence-electron chi connectivity index (χ1n) is 10.1. The molecule has 2 aromatic rings. The van der Waals surface area contributed by atoms with Gasteiger partial charge in [-0.1, -0.05) is 19.3 Å². The van der Waals surface area contributed by atoms with Crippen molar-refractivity contribution >= 4 is 6.03 Å². The highest BCUT2D eigenvalue weighted by atomic mass is 16.2. The number of urea groups is 1. The van der Waals surface area contributed by atoms with Crippen LogP contribution in [0.3, 0.4) is 0 Å². The molecule has 4 rings (SSSR count). The van der Waals surface area contributed by atoms with Gasteiger partial charge in [-0.15, -0.1) is 10.2 Å². The van der Waals surface area contributed by atoms with Crippen LogP contribution in [0, 0.1) is 0 Å². The molecule has 1 saturated heterocycles. The Kier molecular flexibility index (Phi) is 5.40. The average molecular weight is 371 g/mol. The van der Waals surface area contributed by atoms with E-state index in [2.05, 4.69) is 25.2 Å². The predicted molar refractivity (Wildman–Crippen MR) is 101 cm³/mol. The Hall–Kier alpha value is -2.38. The van der Waals surface area contributed by atoms with Gasteiger partial charge in [-0.3, -0.25) is 4.68 Å². The summed E-state index contributed by atoms with van der Waals surface area (Å²) in [6.45, 7) is 2.15. The van der Waals surface area contributed by atoms with Gasteiger partial charge in [-0.2, -0.15) is 5.10 Å². The van der Waals surface area contributed by atoms with E-state index in [0.29, 0.717) is 19.1 Å². The monoisotopic (exact) mass is 371 g/mol. The fraction of sp³-hybridized carbons (Fsp3) is 0.684. The van der Waals surface area contributed by atoms with Gasteiger partial charge in [0.1, 0.15) is 12.4 Å². The summed E-state index contributed by atoms with van der Waals surface area (Å²) in [7, 11) is 2.01. The van der Waals surface area contributed by atoms with Crippen molar-refractivity contribution < 1.29 is 4.79 Å². The lowest BCUT2D eigenvalue weighted by molar-refractivity contribution is 0.171. The average Bonchev–Trinajstić information content (AvgIpc) is 3.33. The molecule has 3 heterocycles. The van der Waals surface area contributed by atoms with Crippen LogP contribution >= 0.6 is 0 Å². The molecule has 0 radical (unpaired) electrons. The van der Waals surface area contributed by atoms with Crippen LogP contribution in [-0.4, -0.2) is 54.6 Å². The van der Waals surface area contributed by atoms with Crippen LogP contribution in [0.25, 0.3) is 0 Å². The Balaban J connectivity index is 1.39. The second kappa shape index (κ2) is 8.10. The molecule has 1 N–H and O–H groups in total. The number of aromatic nitrogens is 5. The molecular weight excluding hydrogens is 342 g/mol. The maximum absolute atomic E-state index is 12.7. The number of carbonyl (C=O) groups excluding carboxylic acids is 1. The molecular formula is C19H29N7O. The summed E-state index contributed by atoms with van der Waals surface area (Å²) in [5.41, 5.74) is 0. The molecule has 1 aliphatic heterocycles. The van der Waals surface area contributed by atoms with E-state index in [0.717, 1.165) is 43.9 Å². The van der Waals surface area contributed by atoms with Gasteiger partial charge < -0.3 is 14.8 Å². The fourth-order valence-electron chi connectivity index (χ4n) is 4.29. The second-order valence-electron chi connectivity index (χ2n) is 7.81. The van der Waals surface area contributed by atoms with Crippen molar-refractivity contribution in [1.29, 1.82) is 0 Å². The quantitative estimate of drug-likeness (QED) is 0.894. The number of likely N-dealkylation sites (tertiary alicyclic amines) is 1. The summed E-state index contributed by atoms with van der Waals surface area (Å²) in [4.78, 5) is 14.7. The SMILES string of the molecule is Cn1c(Cn2cccn2)nnc1[C@H]1CCCN(C(=O)NC2CCCCC2)C1. The van der Waals surface area contributed by atoms with E-state index < -0.39 is 0 Å². The highest BCUT2D eigenvalue weighted by molar-refractivity contribution is 5.74. The van der Waals surface area contributed by atoms with Gasteiger partial charge in [-0.05, 0) is 31.7 Å². The first-order chi connectivity index (χ1) is 13.2. The van der Waals surface area contributed by atoms with Crippen molar-refractivity contribution in [3.63, 3.8) is 0 Å². The van der Waals surface area contributed by atoms with Crippen molar-refractivity contribution in [3.8, 4) is 0 Å². The largest absolute Gasteiger partial charge is 0.335 e. The van der Waals surface area contributed by atoms with Crippen molar-refractivity contribution in [1.82, 2.24) is 34.8 Å². The van der Waals surface area contributed by atoms with Gasteiger partial charge in [0.25, 0.3) is 0 Å². The van der Waals surface area contributed by atoms with Crippen LogP contribution in [0.2, 0.25) is 0 Å². The Bertz CT molecular complexity index is 748. The highest BCUT2D eigenvalue weighted by Crippen LogP contribution is 2.26. The molecule has 2 aromatic heterocycles. The van der Waals surface area contributed by atoms with E-state index in [1.54, 1.807) is 6.20 Å². The van der Waals surface area contributed by atoms with Gasteiger partial charge in [-0.25, -0.2) is 4.79 Å². The number of piperidine rings is 1. The van der Waals surface area contributed by atoms with Gasteiger partial charge in [0.05, 0.1) is 0 Å². The number of rotatable bonds is 4. The van der Waals surface area contributed by atoms with Gasteiger partial charge in [0.2, 0.25) is 0 Å². The summed E-state index contributed by atoms with van der Waals surface area (Å²) in [6, 6.07) is 2.34. The fourth-order valence-corrected chi connectivity index (χ4v) is 4.29. The molecule has 1 aliphatic carbocycles. The van der Waals surface area contributed by atoms with Crippen molar-refractivity contribution in [2.45, 2.75) is 63.5 Å².